The third-order valence-electron chi connectivity index (χ3n) is 3.00. The standard InChI is InChI=1S/C16H13NO3/c1-19-15-4-2-3-14-13(15)9-10-17-16(14)20-12-7-5-11(18)6-8-12/h2-10,18H,1H3. The summed E-state index contributed by atoms with van der Waals surface area (Å²) >= 11 is 0. The van der Waals surface area contributed by atoms with E-state index in [2.05, 4.69) is 4.98 Å². The molecule has 20 heavy (non-hydrogen) atoms. The SMILES string of the molecule is COc1cccc2c(Oc3ccc(O)cc3)nccc12. The molecule has 0 aliphatic carbocycles. The van der Waals surface area contributed by atoms with Gasteiger partial charge in [-0.3, -0.25) is 0 Å². The first-order chi connectivity index (χ1) is 9.78. The number of phenolic OH excluding ortho intramolecular Hbond substituents is 1. The minimum atomic E-state index is 0.199. The van der Waals surface area contributed by atoms with Gasteiger partial charge in [-0.05, 0) is 42.5 Å². The van der Waals surface area contributed by atoms with Crippen molar-refractivity contribution in [1.82, 2.24) is 4.98 Å². The zero-order valence-corrected chi connectivity index (χ0v) is 10.9. The maximum atomic E-state index is 9.28. The van der Waals surface area contributed by atoms with Gasteiger partial charge in [0.15, 0.2) is 0 Å². The van der Waals surface area contributed by atoms with E-state index in [-0.39, 0.29) is 5.75 Å². The van der Waals surface area contributed by atoms with Gasteiger partial charge in [-0.25, -0.2) is 4.98 Å². The van der Waals surface area contributed by atoms with Crippen molar-refractivity contribution in [2.45, 2.75) is 0 Å². The second-order valence-electron chi connectivity index (χ2n) is 4.27. The summed E-state index contributed by atoms with van der Waals surface area (Å²) < 4.78 is 11.1. The number of methoxy groups -OCH3 is 1. The van der Waals surface area contributed by atoms with E-state index in [4.69, 9.17) is 9.47 Å². The van der Waals surface area contributed by atoms with Crippen LogP contribution in [0.1, 0.15) is 0 Å². The maximum Gasteiger partial charge on any atom is 0.227 e. The number of pyridine rings is 1. The molecule has 0 saturated heterocycles. The number of hydrogen-bond donors (Lipinski definition) is 1. The summed E-state index contributed by atoms with van der Waals surface area (Å²) in [6.07, 6.45) is 1.68. The Balaban J connectivity index is 2.05. The Morgan fingerprint density at radius 2 is 1.75 bits per heavy atom. The Labute approximate surface area is 116 Å². The van der Waals surface area contributed by atoms with E-state index in [1.165, 1.54) is 0 Å². The molecule has 3 aromatic rings. The van der Waals surface area contributed by atoms with Gasteiger partial charge < -0.3 is 14.6 Å². The summed E-state index contributed by atoms with van der Waals surface area (Å²) in [5.41, 5.74) is 0. The minimum absolute atomic E-state index is 0.199. The first-order valence-corrected chi connectivity index (χ1v) is 6.16. The normalized spacial score (nSPS) is 10.4. The van der Waals surface area contributed by atoms with Gasteiger partial charge in [0.1, 0.15) is 17.2 Å². The van der Waals surface area contributed by atoms with Gasteiger partial charge in [-0.15, -0.1) is 0 Å². The van der Waals surface area contributed by atoms with Crippen LogP contribution in [0.15, 0.2) is 54.7 Å². The van der Waals surface area contributed by atoms with Gasteiger partial charge >= 0.3 is 0 Å². The smallest absolute Gasteiger partial charge is 0.227 e. The highest BCUT2D eigenvalue weighted by atomic mass is 16.5. The number of rotatable bonds is 3. The molecule has 0 amide bonds. The van der Waals surface area contributed by atoms with Crippen molar-refractivity contribution in [3.05, 3.63) is 54.7 Å². The molecular formula is C16H13NO3. The third kappa shape index (κ3) is 2.23. The van der Waals surface area contributed by atoms with E-state index >= 15 is 0 Å². The van der Waals surface area contributed by atoms with E-state index in [9.17, 15) is 5.11 Å². The molecule has 3 rings (SSSR count). The van der Waals surface area contributed by atoms with Crippen molar-refractivity contribution in [1.29, 1.82) is 0 Å². The van der Waals surface area contributed by atoms with Crippen molar-refractivity contribution in [3.8, 4) is 23.1 Å². The van der Waals surface area contributed by atoms with Gasteiger partial charge in [0.25, 0.3) is 0 Å². The second-order valence-corrected chi connectivity index (χ2v) is 4.27. The maximum absolute atomic E-state index is 9.28. The molecule has 1 heterocycles. The fraction of sp³-hybridized carbons (Fsp3) is 0.0625. The summed E-state index contributed by atoms with van der Waals surface area (Å²) in [6.45, 7) is 0. The molecule has 4 heteroatoms. The van der Waals surface area contributed by atoms with Crippen molar-refractivity contribution in [2.75, 3.05) is 7.11 Å². The zero-order chi connectivity index (χ0) is 13.9. The van der Waals surface area contributed by atoms with Crippen LogP contribution in [0.2, 0.25) is 0 Å². The molecule has 1 N–H and O–H groups in total. The Kier molecular flexibility index (Phi) is 3.13. The molecule has 0 fully saturated rings. The fourth-order valence-electron chi connectivity index (χ4n) is 2.04. The lowest BCUT2D eigenvalue weighted by Crippen LogP contribution is -1.91. The summed E-state index contributed by atoms with van der Waals surface area (Å²) in [7, 11) is 1.63. The lowest BCUT2D eigenvalue weighted by Gasteiger charge is -2.10. The molecule has 0 aliphatic heterocycles. The number of benzene rings is 2. The van der Waals surface area contributed by atoms with Gasteiger partial charge in [0.2, 0.25) is 5.88 Å². The first kappa shape index (κ1) is 12.3. The topological polar surface area (TPSA) is 51.6 Å². The van der Waals surface area contributed by atoms with E-state index in [1.807, 2.05) is 24.3 Å². The van der Waals surface area contributed by atoms with Crippen LogP contribution in [0.3, 0.4) is 0 Å². The fourth-order valence-corrected chi connectivity index (χ4v) is 2.04. The van der Waals surface area contributed by atoms with Gasteiger partial charge in [0, 0.05) is 17.0 Å². The molecule has 2 aromatic carbocycles. The van der Waals surface area contributed by atoms with Crippen LogP contribution >= 0.6 is 0 Å². The molecule has 0 saturated carbocycles. The molecule has 1 aromatic heterocycles. The van der Waals surface area contributed by atoms with E-state index in [0.29, 0.717) is 11.6 Å². The lowest BCUT2D eigenvalue weighted by atomic mass is 10.1. The number of fused-ring (bicyclic) bond motifs is 1. The van der Waals surface area contributed by atoms with Crippen LogP contribution in [0, 0.1) is 0 Å². The Morgan fingerprint density at radius 1 is 0.950 bits per heavy atom. The van der Waals surface area contributed by atoms with E-state index < -0.39 is 0 Å². The average Bonchev–Trinajstić information content (AvgIpc) is 2.49. The monoisotopic (exact) mass is 267 g/mol. The highest BCUT2D eigenvalue weighted by Crippen LogP contribution is 2.32. The third-order valence-corrected chi connectivity index (χ3v) is 3.00. The number of nitrogens with zero attached hydrogens (tertiary/aromatic N) is 1. The molecule has 100 valence electrons. The molecule has 0 unspecified atom stereocenters. The van der Waals surface area contributed by atoms with Crippen molar-refractivity contribution in [2.24, 2.45) is 0 Å². The van der Waals surface area contributed by atoms with Gasteiger partial charge in [0.05, 0.1) is 7.11 Å². The molecule has 0 spiro atoms. The number of phenols is 1. The number of ether oxygens (including phenoxy) is 2. The van der Waals surface area contributed by atoms with Crippen molar-refractivity contribution in [3.63, 3.8) is 0 Å². The van der Waals surface area contributed by atoms with Crippen LogP contribution in [0.4, 0.5) is 0 Å². The Bertz CT molecular complexity index is 738. The predicted molar refractivity (Wildman–Crippen MR) is 76.5 cm³/mol. The Morgan fingerprint density at radius 3 is 2.50 bits per heavy atom. The van der Waals surface area contributed by atoms with Gasteiger partial charge in [-0.2, -0.15) is 0 Å². The first-order valence-electron chi connectivity index (χ1n) is 6.16. The van der Waals surface area contributed by atoms with E-state index in [1.54, 1.807) is 37.6 Å². The van der Waals surface area contributed by atoms with Crippen LogP contribution in [0.5, 0.6) is 23.1 Å². The van der Waals surface area contributed by atoms with E-state index in [0.717, 1.165) is 16.5 Å². The predicted octanol–water partition coefficient (Wildman–Crippen LogP) is 3.74. The highest BCUT2D eigenvalue weighted by Gasteiger charge is 2.08. The molecule has 4 nitrogen and oxygen atoms in total. The molecule has 0 aliphatic rings. The molecular weight excluding hydrogens is 254 g/mol. The summed E-state index contributed by atoms with van der Waals surface area (Å²) in [5, 5.41) is 11.1. The number of aromatic nitrogens is 1. The van der Waals surface area contributed by atoms with Crippen LogP contribution in [-0.2, 0) is 0 Å². The Hall–Kier alpha value is -2.75. The largest absolute Gasteiger partial charge is 0.508 e. The van der Waals surface area contributed by atoms with Crippen LogP contribution in [0.25, 0.3) is 10.8 Å². The summed E-state index contributed by atoms with van der Waals surface area (Å²) in [4.78, 5) is 4.26. The molecule has 0 bridgehead atoms. The highest BCUT2D eigenvalue weighted by molar-refractivity contribution is 5.91. The number of aromatic hydroxyl groups is 1. The molecule has 0 radical (unpaired) electrons. The zero-order valence-electron chi connectivity index (χ0n) is 10.9. The van der Waals surface area contributed by atoms with Crippen LogP contribution < -0.4 is 9.47 Å². The van der Waals surface area contributed by atoms with Crippen molar-refractivity contribution < 1.29 is 14.6 Å². The molecule has 0 atom stereocenters. The van der Waals surface area contributed by atoms with Crippen LogP contribution in [-0.4, -0.2) is 17.2 Å². The van der Waals surface area contributed by atoms with Crippen molar-refractivity contribution >= 4 is 10.8 Å². The quantitative estimate of drug-likeness (QED) is 0.785. The lowest BCUT2D eigenvalue weighted by molar-refractivity contribution is 0.419. The second kappa shape index (κ2) is 5.09. The van der Waals surface area contributed by atoms with Gasteiger partial charge in [-0.1, -0.05) is 6.07 Å². The number of hydrogen-bond acceptors (Lipinski definition) is 4. The summed E-state index contributed by atoms with van der Waals surface area (Å²) in [6, 6.07) is 14.1. The minimum Gasteiger partial charge on any atom is -0.508 e. The summed E-state index contributed by atoms with van der Waals surface area (Å²) in [5.74, 6) is 2.10. The average molecular weight is 267 g/mol.